The zero-order valence-electron chi connectivity index (χ0n) is 14.4. The smallest absolute Gasteiger partial charge is 0.190 e. The van der Waals surface area contributed by atoms with Crippen molar-refractivity contribution in [2.75, 3.05) is 0 Å². The fourth-order valence-corrected chi connectivity index (χ4v) is 2.81. The third-order valence-corrected chi connectivity index (χ3v) is 4.30. The lowest BCUT2D eigenvalue weighted by Crippen LogP contribution is -2.24. The molecular formula is C20H21NO3. The Kier molecular flexibility index (Phi) is 4.86. The maximum Gasteiger partial charge on any atom is 0.190 e. The molecule has 0 saturated heterocycles. The van der Waals surface area contributed by atoms with Crippen LogP contribution in [0, 0.1) is 11.3 Å². The number of ketones is 2. The maximum absolute atomic E-state index is 12.9. The third kappa shape index (κ3) is 3.52. The van der Waals surface area contributed by atoms with Crippen molar-refractivity contribution >= 4 is 17.1 Å². The van der Waals surface area contributed by atoms with Gasteiger partial charge in [-0.05, 0) is 58.2 Å². The number of nitrogens with zero attached hydrogens (tertiary/aromatic N) is 1. The predicted octanol–water partition coefficient (Wildman–Crippen LogP) is 3.35. The normalized spacial score (nSPS) is 15.8. The van der Waals surface area contributed by atoms with Gasteiger partial charge in [-0.15, -0.1) is 0 Å². The highest BCUT2D eigenvalue weighted by molar-refractivity contribution is 6.39. The molecule has 0 heterocycles. The van der Waals surface area contributed by atoms with Gasteiger partial charge < -0.3 is 5.11 Å². The van der Waals surface area contributed by atoms with Gasteiger partial charge in [0.25, 0.3) is 0 Å². The second-order valence-electron chi connectivity index (χ2n) is 6.76. The Morgan fingerprint density at radius 3 is 2.12 bits per heavy atom. The molecule has 0 spiro atoms. The van der Waals surface area contributed by atoms with Gasteiger partial charge in [-0.25, -0.2) is 0 Å². The van der Waals surface area contributed by atoms with E-state index in [0.717, 1.165) is 0 Å². The highest BCUT2D eigenvalue weighted by atomic mass is 16.3. The molecule has 0 bridgehead atoms. The molecule has 4 heteroatoms. The van der Waals surface area contributed by atoms with Gasteiger partial charge in [-0.2, -0.15) is 5.26 Å². The Labute approximate surface area is 142 Å². The van der Waals surface area contributed by atoms with Gasteiger partial charge in [0.2, 0.25) is 0 Å². The number of Topliss-reactive ketones (excluding diaryl/α,β-unsaturated/α-hetero) is 2. The van der Waals surface area contributed by atoms with Crippen LogP contribution < -0.4 is 0 Å². The van der Waals surface area contributed by atoms with Crippen molar-refractivity contribution in [3.8, 4) is 6.07 Å². The van der Waals surface area contributed by atoms with Crippen molar-refractivity contribution in [2.24, 2.45) is 0 Å². The summed E-state index contributed by atoms with van der Waals surface area (Å²) in [6, 6.07) is 8.69. The fourth-order valence-electron chi connectivity index (χ4n) is 2.81. The van der Waals surface area contributed by atoms with E-state index in [1.165, 1.54) is 0 Å². The second kappa shape index (κ2) is 6.54. The molecule has 0 radical (unpaired) electrons. The third-order valence-electron chi connectivity index (χ3n) is 4.30. The largest absolute Gasteiger partial charge is 0.390 e. The Hall–Kier alpha value is -2.51. The summed E-state index contributed by atoms with van der Waals surface area (Å²) in [5.74, 6) is -0.307. The van der Waals surface area contributed by atoms with Crippen LogP contribution in [0.15, 0.2) is 41.0 Å². The molecule has 0 unspecified atom stereocenters. The highest BCUT2D eigenvalue weighted by Gasteiger charge is 2.31. The fraction of sp³-hybridized carbons (Fsp3) is 0.350. The molecule has 0 amide bonds. The van der Waals surface area contributed by atoms with Crippen molar-refractivity contribution in [1.29, 1.82) is 5.26 Å². The van der Waals surface area contributed by atoms with Crippen LogP contribution in [-0.4, -0.2) is 22.3 Å². The molecule has 1 aromatic carbocycles. The molecule has 1 aliphatic rings. The lowest BCUT2D eigenvalue weighted by molar-refractivity contribution is -0.115. The van der Waals surface area contributed by atoms with E-state index in [1.807, 2.05) is 6.07 Å². The molecule has 1 aliphatic carbocycles. The van der Waals surface area contributed by atoms with E-state index < -0.39 is 5.60 Å². The molecule has 0 saturated carbocycles. The molecule has 0 aliphatic heterocycles. The number of aliphatic hydroxyl groups is 1. The van der Waals surface area contributed by atoms with E-state index in [0.29, 0.717) is 46.3 Å². The lowest BCUT2D eigenvalue weighted by atomic mass is 9.79. The highest BCUT2D eigenvalue weighted by Crippen LogP contribution is 2.34. The van der Waals surface area contributed by atoms with Gasteiger partial charge in [0.1, 0.15) is 0 Å². The van der Waals surface area contributed by atoms with Gasteiger partial charge in [0.15, 0.2) is 11.6 Å². The van der Waals surface area contributed by atoms with Gasteiger partial charge in [-0.1, -0.05) is 12.1 Å². The first-order valence-corrected chi connectivity index (χ1v) is 7.88. The standard InChI is InChI=1S/C20H21NO3/c1-12-16(9-10-20(3,4)24)19(23)17(13(2)18(12)22)15-7-5-14(11-21)6-8-15/h5-8,24H,9-10H2,1-4H3. The average molecular weight is 323 g/mol. The minimum absolute atomic E-state index is 0.139. The summed E-state index contributed by atoms with van der Waals surface area (Å²) in [5, 5.41) is 18.8. The Balaban J connectivity index is 2.43. The minimum atomic E-state index is -0.901. The van der Waals surface area contributed by atoms with E-state index in [9.17, 15) is 14.7 Å². The topological polar surface area (TPSA) is 78.2 Å². The second-order valence-corrected chi connectivity index (χ2v) is 6.76. The lowest BCUT2D eigenvalue weighted by Gasteiger charge is -2.23. The Morgan fingerprint density at radius 2 is 1.62 bits per heavy atom. The van der Waals surface area contributed by atoms with E-state index in [2.05, 4.69) is 0 Å². The number of nitriles is 1. The minimum Gasteiger partial charge on any atom is -0.390 e. The quantitative estimate of drug-likeness (QED) is 0.862. The maximum atomic E-state index is 12.9. The summed E-state index contributed by atoms with van der Waals surface area (Å²) in [4.78, 5) is 25.5. The Bertz CT molecular complexity index is 797. The van der Waals surface area contributed by atoms with Crippen LogP contribution in [0.2, 0.25) is 0 Å². The first-order valence-electron chi connectivity index (χ1n) is 7.88. The van der Waals surface area contributed by atoms with E-state index in [-0.39, 0.29) is 11.6 Å². The average Bonchev–Trinajstić information content (AvgIpc) is 2.52. The van der Waals surface area contributed by atoms with Crippen molar-refractivity contribution < 1.29 is 14.7 Å². The predicted molar refractivity (Wildman–Crippen MR) is 92.0 cm³/mol. The Morgan fingerprint density at radius 1 is 1.04 bits per heavy atom. The molecule has 0 fully saturated rings. The molecule has 124 valence electrons. The molecule has 1 aromatic rings. The molecule has 24 heavy (non-hydrogen) atoms. The summed E-state index contributed by atoms with van der Waals surface area (Å²) in [6.45, 7) is 6.68. The van der Waals surface area contributed by atoms with Crippen molar-refractivity contribution in [3.63, 3.8) is 0 Å². The van der Waals surface area contributed by atoms with Crippen LogP contribution >= 0.6 is 0 Å². The van der Waals surface area contributed by atoms with Crippen LogP contribution in [-0.2, 0) is 9.59 Å². The van der Waals surface area contributed by atoms with Crippen LogP contribution in [0.4, 0.5) is 0 Å². The van der Waals surface area contributed by atoms with Crippen LogP contribution in [0.3, 0.4) is 0 Å². The molecule has 1 N–H and O–H groups in total. The summed E-state index contributed by atoms with van der Waals surface area (Å²) in [5.41, 5.74) is 1.97. The zero-order chi connectivity index (χ0) is 18.1. The summed E-state index contributed by atoms with van der Waals surface area (Å²) in [7, 11) is 0. The van der Waals surface area contributed by atoms with Crippen LogP contribution in [0.1, 0.15) is 51.7 Å². The van der Waals surface area contributed by atoms with Crippen molar-refractivity contribution in [1.82, 2.24) is 0 Å². The monoisotopic (exact) mass is 323 g/mol. The van der Waals surface area contributed by atoms with Crippen LogP contribution in [0.25, 0.3) is 5.57 Å². The number of carbonyl (C=O) groups excluding carboxylic acids is 2. The van der Waals surface area contributed by atoms with Gasteiger partial charge in [-0.3, -0.25) is 9.59 Å². The first kappa shape index (κ1) is 17.8. The zero-order valence-corrected chi connectivity index (χ0v) is 14.4. The molecule has 2 rings (SSSR count). The SMILES string of the molecule is CC1=C(CCC(C)(C)O)C(=O)C(c2ccc(C#N)cc2)=C(C)C1=O. The number of hydrogen-bond acceptors (Lipinski definition) is 4. The molecule has 0 aromatic heterocycles. The van der Waals surface area contributed by atoms with E-state index >= 15 is 0 Å². The molecular weight excluding hydrogens is 302 g/mol. The van der Waals surface area contributed by atoms with Crippen molar-refractivity contribution in [3.05, 3.63) is 52.1 Å². The van der Waals surface area contributed by atoms with E-state index in [4.69, 9.17) is 5.26 Å². The summed E-state index contributed by atoms with van der Waals surface area (Å²) in [6.07, 6.45) is 0.755. The van der Waals surface area contributed by atoms with Crippen LogP contribution in [0.5, 0.6) is 0 Å². The van der Waals surface area contributed by atoms with Gasteiger partial charge in [0.05, 0.1) is 17.2 Å². The summed E-state index contributed by atoms with van der Waals surface area (Å²) < 4.78 is 0. The molecule has 0 atom stereocenters. The number of hydrogen-bond donors (Lipinski definition) is 1. The van der Waals surface area contributed by atoms with E-state index in [1.54, 1.807) is 52.0 Å². The van der Waals surface area contributed by atoms with Crippen molar-refractivity contribution in [2.45, 2.75) is 46.1 Å². The first-order chi connectivity index (χ1) is 11.2. The number of allylic oxidation sites excluding steroid dienone is 4. The number of benzene rings is 1. The molecule has 4 nitrogen and oxygen atoms in total. The van der Waals surface area contributed by atoms with Gasteiger partial charge in [0, 0.05) is 22.3 Å². The number of rotatable bonds is 4. The van der Waals surface area contributed by atoms with Gasteiger partial charge >= 0.3 is 0 Å². The number of carbonyl (C=O) groups is 2. The summed E-state index contributed by atoms with van der Waals surface area (Å²) >= 11 is 0.